The Hall–Kier alpha value is -1.80. The van der Waals surface area contributed by atoms with Gasteiger partial charge in [0.25, 0.3) is 11.8 Å². The number of benzene rings is 3. The molecule has 8 heteroatoms. The molecule has 3 rings (SSSR count). The van der Waals surface area contributed by atoms with Crippen LogP contribution in [0.4, 0.5) is 11.4 Å². The van der Waals surface area contributed by atoms with Gasteiger partial charge in [0.2, 0.25) is 0 Å². The van der Waals surface area contributed by atoms with Gasteiger partial charge in [-0.05, 0) is 77.2 Å². The molecular formula is C20H12Cl3IN2O2. The predicted molar refractivity (Wildman–Crippen MR) is 123 cm³/mol. The molecule has 0 radical (unpaired) electrons. The standard InChI is InChI=1S/C20H12Cl3IN2O2/c21-11-4-6-15(18(23)8-11)19(27)25-13-2-1-3-14(10-13)26-20(28)16-9-12(24)5-7-17(16)22/h1-10H,(H,25,27)(H,26,28). The maximum Gasteiger partial charge on any atom is 0.257 e. The van der Waals surface area contributed by atoms with E-state index in [1.165, 1.54) is 6.07 Å². The first-order valence-corrected chi connectivity index (χ1v) is 10.2. The van der Waals surface area contributed by atoms with Gasteiger partial charge in [-0.1, -0.05) is 40.9 Å². The summed E-state index contributed by atoms with van der Waals surface area (Å²) in [6.45, 7) is 0. The van der Waals surface area contributed by atoms with Crippen LogP contribution in [-0.2, 0) is 0 Å². The van der Waals surface area contributed by atoms with Crippen molar-refractivity contribution in [3.63, 3.8) is 0 Å². The largest absolute Gasteiger partial charge is 0.322 e. The fourth-order valence-electron chi connectivity index (χ4n) is 2.42. The Balaban J connectivity index is 1.76. The van der Waals surface area contributed by atoms with E-state index in [0.717, 1.165) is 3.57 Å². The maximum atomic E-state index is 12.5. The highest BCUT2D eigenvalue weighted by molar-refractivity contribution is 14.1. The van der Waals surface area contributed by atoms with Crippen LogP contribution in [0, 0.1) is 3.57 Å². The highest BCUT2D eigenvalue weighted by atomic mass is 127. The molecule has 0 aliphatic heterocycles. The monoisotopic (exact) mass is 544 g/mol. The molecule has 0 saturated carbocycles. The first kappa shape index (κ1) is 20.9. The molecule has 0 fully saturated rings. The fourth-order valence-corrected chi connectivity index (χ4v) is 3.61. The summed E-state index contributed by atoms with van der Waals surface area (Å²) in [5, 5.41) is 6.58. The van der Waals surface area contributed by atoms with Crippen LogP contribution in [0.15, 0.2) is 60.7 Å². The Labute approximate surface area is 190 Å². The number of carbonyl (C=O) groups is 2. The molecule has 2 amide bonds. The van der Waals surface area contributed by atoms with E-state index in [4.69, 9.17) is 34.8 Å². The van der Waals surface area contributed by atoms with Crippen LogP contribution < -0.4 is 10.6 Å². The second kappa shape index (κ2) is 9.13. The van der Waals surface area contributed by atoms with Crippen molar-refractivity contribution >= 4 is 80.6 Å². The van der Waals surface area contributed by atoms with Crippen LogP contribution in [0.1, 0.15) is 20.7 Å². The Morgan fingerprint density at radius 3 is 2.00 bits per heavy atom. The summed E-state index contributed by atoms with van der Waals surface area (Å²) >= 11 is 20.1. The van der Waals surface area contributed by atoms with E-state index in [1.54, 1.807) is 48.5 Å². The minimum Gasteiger partial charge on any atom is -0.322 e. The molecule has 0 aliphatic rings. The molecule has 0 atom stereocenters. The number of halogens is 4. The van der Waals surface area contributed by atoms with Crippen LogP contribution in [0.5, 0.6) is 0 Å². The molecule has 0 unspecified atom stereocenters. The third kappa shape index (κ3) is 5.17. The molecule has 28 heavy (non-hydrogen) atoms. The molecule has 0 aliphatic carbocycles. The first-order chi connectivity index (χ1) is 13.3. The van der Waals surface area contributed by atoms with Crippen molar-refractivity contribution in [1.82, 2.24) is 0 Å². The third-order valence-electron chi connectivity index (χ3n) is 3.73. The van der Waals surface area contributed by atoms with Gasteiger partial charge in [-0.25, -0.2) is 0 Å². The molecule has 142 valence electrons. The number of hydrogen-bond acceptors (Lipinski definition) is 2. The van der Waals surface area contributed by atoms with Gasteiger partial charge in [0.15, 0.2) is 0 Å². The molecule has 0 heterocycles. The Morgan fingerprint density at radius 2 is 1.36 bits per heavy atom. The van der Waals surface area contributed by atoms with E-state index >= 15 is 0 Å². The van der Waals surface area contributed by atoms with Crippen molar-refractivity contribution < 1.29 is 9.59 Å². The van der Waals surface area contributed by atoms with Crippen molar-refractivity contribution in [1.29, 1.82) is 0 Å². The van der Waals surface area contributed by atoms with Crippen LogP contribution in [-0.4, -0.2) is 11.8 Å². The number of carbonyl (C=O) groups excluding carboxylic acids is 2. The zero-order valence-corrected chi connectivity index (χ0v) is 18.5. The first-order valence-electron chi connectivity index (χ1n) is 7.96. The SMILES string of the molecule is O=C(Nc1cccc(NC(=O)c2cc(I)ccc2Cl)c1)c1ccc(Cl)cc1Cl. The van der Waals surface area contributed by atoms with E-state index in [-0.39, 0.29) is 16.8 Å². The minimum absolute atomic E-state index is 0.253. The molecule has 3 aromatic carbocycles. The van der Waals surface area contributed by atoms with Crippen molar-refractivity contribution in [3.05, 3.63) is 90.4 Å². The zero-order chi connectivity index (χ0) is 20.3. The van der Waals surface area contributed by atoms with Crippen molar-refractivity contribution in [2.75, 3.05) is 10.6 Å². The van der Waals surface area contributed by atoms with Crippen LogP contribution in [0.2, 0.25) is 15.1 Å². The molecule has 0 spiro atoms. The summed E-state index contributed by atoms with van der Waals surface area (Å²) in [5.41, 5.74) is 1.68. The second-order valence-electron chi connectivity index (χ2n) is 5.74. The van der Waals surface area contributed by atoms with Crippen molar-refractivity contribution in [2.45, 2.75) is 0 Å². The minimum atomic E-state index is -0.384. The van der Waals surface area contributed by atoms with Gasteiger partial charge < -0.3 is 10.6 Å². The number of rotatable bonds is 4. The van der Waals surface area contributed by atoms with Gasteiger partial charge in [-0.3, -0.25) is 9.59 Å². The Morgan fingerprint density at radius 1 is 0.714 bits per heavy atom. The number of amides is 2. The van der Waals surface area contributed by atoms with E-state index < -0.39 is 0 Å². The molecule has 3 aromatic rings. The van der Waals surface area contributed by atoms with E-state index in [2.05, 4.69) is 33.2 Å². The average Bonchev–Trinajstić information content (AvgIpc) is 2.63. The average molecular weight is 546 g/mol. The summed E-state index contributed by atoms with van der Waals surface area (Å²) in [7, 11) is 0. The van der Waals surface area contributed by atoms with Gasteiger partial charge in [-0.15, -0.1) is 0 Å². The lowest BCUT2D eigenvalue weighted by Gasteiger charge is -2.10. The number of nitrogens with one attached hydrogen (secondary N) is 2. The van der Waals surface area contributed by atoms with Gasteiger partial charge in [0.1, 0.15) is 0 Å². The van der Waals surface area contributed by atoms with Gasteiger partial charge in [0, 0.05) is 20.0 Å². The zero-order valence-electron chi connectivity index (χ0n) is 14.1. The van der Waals surface area contributed by atoms with Gasteiger partial charge in [-0.2, -0.15) is 0 Å². The summed E-state index contributed by atoms with van der Waals surface area (Å²) in [5.74, 6) is -0.724. The Kier molecular flexibility index (Phi) is 6.82. The molecular weight excluding hydrogens is 533 g/mol. The Bertz CT molecular complexity index is 1070. The lowest BCUT2D eigenvalue weighted by molar-refractivity contribution is 0.101. The van der Waals surface area contributed by atoms with Crippen LogP contribution in [0.3, 0.4) is 0 Å². The van der Waals surface area contributed by atoms with E-state index in [9.17, 15) is 9.59 Å². The molecule has 2 N–H and O–H groups in total. The van der Waals surface area contributed by atoms with Crippen molar-refractivity contribution in [2.24, 2.45) is 0 Å². The van der Waals surface area contributed by atoms with E-state index in [1.807, 2.05) is 6.07 Å². The van der Waals surface area contributed by atoms with Crippen LogP contribution >= 0.6 is 57.4 Å². The van der Waals surface area contributed by atoms with E-state index in [0.29, 0.717) is 32.5 Å². The number of hydrogen-bond donors (Lipinski definition) is 2. The van der Waals surface area contributed by atoms with Gasteiger partial charge >= 0.3 is 0 Å². The van der Waals surface area contributed by atoms with Crippen molar-refractivity contribution in [3.8, 4) is 0 Å². The summed E-state index contributed by atoms with van der Waals surface area (Å²) < 4.78 is 0.896. The normalized spacial score (nSPS) is 10.4. The smallest absolute Gasteiger partial charge is 0.257 e. The molecule has 0 bridgehead atoms. The molecule has 4 nitrogen and oxygen atoms in total. The highest BCUT2D eigenvalue weighted by Gasteiger charge is 2.13. The fraction of sp³-hybridized carbons (Fsp3) is 0. The lowest BCUT2D eigenvalue weighted by Crippen LogP contribution is -2.14. The molecule has 0 aromatic heterocycles. The lowest BCUT2D eigenvalue weighted by atomic mass is 10.2. The molecule has 0 saturated heterocycles. The van der Waals surface area contributed by atoms with Crippen LogP contribution in [0.25, 0.3) is 0 Å². The van der Waals surface area contributed by atoms with Gasteiger partial charge in [0.05, 0.1) is 21.2 Å². The third-order valence-corrected chi connectivity index (χ3v) is 5.28. The summed E-state index contributed by atoms with van der Waals surface area (Å²) in [6, 6.07) is 16.6. The quantitative estimate of drug-likeness (QED) is 0.356. The summed E-state index contributed by atoms with van der Waals surface area (Å²) in [4.78, 5) is 24.9. The second-order valence-corrected chi connectivity index (χ2v) is 8.23. The number of anilines is 2. The highest BCUT2D eigenvalue weighted by Crippen LogP contribution is 2.24. The summed E-state index contributed by atoms with van der Waals surface area (Å²) in [6.07, 6.45) is 0. The maximum absolute atomic E-state index is 12.5. The predicted octanol–water partition coefficient (Wildman–Crippen LogP) is 6.76. The topological polar surface area (TPSA) is 58.2 Å².